The van der Waals surface area contributed by atoms with E-state index in [1.54, 1.807) is 6.92 Å². The number of rotatable bonds is 8. The quantitative estimate of drug-likeness (QED) is 0.659. The van der Waals surface area contributed by atoms with Gasteiger partial charge in [-0.2, -0.15) is 0 Å². The number of benzene rings is 1. The van der Waals surface area contributed by atoms with Gasteiger partial charge in [-0.25, -0.2) is 4.98 Å². The van der Waals surface area contributed by atoms with Gasteiger partial charge in [0.25, 0.3) is 5.91 Å². The van der Waals surface area contributed by atoms with Gasteiger partial charge in [0.1, 0.15) is 5.75 Å². The summed E-state index contributed by atoms with van der Waals surface area (Å²) in [4.78, 5) is 27.9. The SMILES string of the molecule is CCOc1ccccc1CCC(=O)OCC(=O)Nc1nc(C)c(Cl)cc1Cl. The van der Waals surface area contributed by atoms with E-state index in [0.29, 0.717) is 23.7 Å². The number of pyridine rings is 1. The second kappa shape index (κ2) is 10.1. The summed E-state index contributed by atoms with van der Waals surface area (Å²) in [5.74, 6) is -0.105. The summed E-state index contributed by atoms with van der Waals surface area (Å²) in [5.41, 5.74) is 1.44. The van der Waals surface area contributed by atoms with Crippen LogP contribution in [-0.2, 0) is 20.7 Å². The largest absolute Gasteiger partial charge is 0.494 e. The van der Waals surface area contributed by atoms with E-state index < -0.39 is 18.5 Å². The highest BCUT2D eigenvalue weighted by Gasteiger charge is 2.13. The summed E-state index contributed by atoms with van der Waals surface area (Å²) in [6, 6.07) is 8.98. The predicted octanol–water partition coefficient (Wildman–Crippen LogP) is 4.21. The molecule has 0 unspecified atom stereocenters. The molecule has 144 valence electrons. The van der Waals surface area contributed by atoms with Gasteiger partial charge < -0.3 is 14.8 Å². The highest BCUT2D eigenvalue weighted by atomic mass is 35.5. The van der Waals surface area contributed by atoms with Crippen molar-refractivity contribution < 1.29 is 19.1 Å². The minimum atomic E-state index is -0.533. The van der Waals surface area contributed by atoms with E-state index in [4.69, 9.17) is 32.7 Å². The van der Waals surface area contributed by atoms with Gasteiger partial charge in [0, 0.05) is 6.42 Å². The number of hydrogen-bond acceptors (Lipinski definition) is 5. The zero-order valence-electron chi connectivity index (χ0n) is 15.1. The highest BCUT2D eigenvalue weighted by Crippen LogP contribution is 2.25. The first-order chi connectivity index (χ1) is 12.9. The molecule has 8 heteroatoms. The zero-order valence-corrected chi connectivity index (χ0v) is 16.6. The molecule has 1 aromatic carbocycles. The van der Waals surface area contributed by atoms with Crippen molar-refractivity contribution in [2.75, 3.05) is 18.5 Å². The number of aryl methyl sites for hydroxylation is 2. The molecule has 0 fully saturated rings. The lowest BCUT2D eigenvalue weighted by Gasteiger charge is -2.10. The smallest absolute Gasteiger partial charge is 0.306 e. The van der Waals surface area contributed by atoms with Crippen molar-refractivity contribution in [3.8, 4) is 5.75 Å². The molecule has 27 heavy (non-hydrogen) atoms. The lowest BCUT2D eigenvalue weighted by atomic mass is 10.1. The van der Waals surface area contributed by atoms with E-state index in [1.165, 1.54) is 6.07 Å². The van der Waals surface area contributed by atoms with Gasteiger partial charge in [-0.3, -0.25) is 9.59 Å². The van der Waals surface area contributed by atoms with Crippen molar-refractivity contribution in [1.82, 2.24) is 4.98 Å². The van der Waals surface area contributed by atoms with Gasteiger partial charge in [-0.1, -0.05) is 41.4 Å². The average molecular weight is 411 g/mol. The van der Waals surface area contributed by atoms with E-state index in [-0.39, 0.29) is 17.3 Å². The van der Waals surface area contributed by atoms with Gasteiger partial charge in [-0.15, -0.1) is 0 Å². The summed E-state index contributed by atoms with van der Waals surface area (Å²) in [7, 11) is 0. The summed E-state index contributed by atoms with van der Waals surface area (Å²) >= 11 is 11.9. The minimum absolute atomic E-state index is 0.135. The van der Waals surface area contributed by atoms with Crippen molar-refractivity contribution in [2.24, 2.45) is 0 Å². The van der Waals surface area contributed by atoms with Gasteiger partial charge >= 0.3 is 5.97 Å². The van der Waals surface area contributed by atoms with Gasteiger partial charge in [-0.05, 0) is 38.0 Å². The Morgan fingerprint density at radius 1 is 1.19 bits per heavy atom. The number of carbonyl (C=O) groups excluding carboxylic acids is 2. The number of hydrogen-bond donors (Lipinski definition) is 1. The molecule has 1 N–H and O–H groups in total. The number of carbonyl (C=O) groups is 2. The standard InChI is InChI=1S/C19H20Cl2N2O4/c1-3-26-16-7-5-4-6-13(16)8-9-18(25)27-11-17(24)23-19-15(21)10-14(20)12(2)22-19/h4-7,10H,3,8-9,11H2,1-2H3,(H,22,23,24). The summed E-state index contributed by atoms with van der Waals surface area (Å²) in [5, 5.41) is 3.10. The topological polar surface area (TPSA) is 77.5 Å². The Bertz CT molecular complexity index is 827. The number of esters is 1. The Labute approximate surface area is 167 Å². The number of anilines is 1. The number of ether oxygens (including phenoxy) is 2. The molecule has 6 nitrogen and oxygen atoms in total. The monoisotopic (exact) mass is 410 g/mol. The Morgan fingerprint density at radius 3 is 2.67 bits per heavy atom. The molecule has 0 aliphatic heterocycles. The fourth-order valence-electron chi connectivity index (χ4n) is 2.28. The van der Waals surface area contributed by atoms with Gasteiger partial charge in [0.2, 0.25) is 0 Å². The maximum Gasteiger partial charge on any atom is 0.306 e. The molecular formula is C19H20Cl2N2O4. The summed E-state index contributed by atoms with van der Waals surface area (Å²) in [6.07, 6.45) is 0.594. The van der Waals surface area contributed by atoms with Crippen LogP contribution in [0, 0.1) is 6.92 Å². The van der Waals surface area contributed by atoms with Crippen LogP contribution < -0.4 is 10.1 Å². The van der Waals surface area contributed by atoms with Crippen molar-refractivity contribution in [3.63, 3.8) is 0 Å². The molecule has 0 saturated heterocycles. The normalized spacial score (nSPS) is 10.4. The third-order valence-corrected chi connectivity index (χ3v) is 4.27. The first-order valence-electron chi connectivity index (χ1n) is 8.39. The van der Waals surface area contributed by atoms with Crippen molar-refractivity contribution in [2.45, 2.75) is 26.7 Å². The molecule has 0 spiro atoms. The van der Waals surface area contributed by atoms with E-state index in [9.17, 15) is 9.59 Å². The van der Waals surface area contributed by atoms with Crippen LogP contribution in [0.5, 0.6) is 5.75 Å². The van der Waals surface area contributed by atoms with Crippen LogP contribution in [0.2, 0.25) is 10.0 Å². The lowest BCUT2D eigenvalue weighted by Crippen LogP contribution is -2.22. The second-order valence-corrected chi connectivity index (χ2v) is 6.45. The third kappa shape index (κ3) is 6.41. The van der Waals surface area contributed by atoms with Crippen LogP contribution in [-0.4, -0.2) is 30.1 Å². The van der Waals surface area contributed by atoms with E-state index in [2.05, 4.69) is 10.3 Å². The van der Waals surface area contributed by atoms with E-state index in [1.807, 2.05) is 31.2 Å². The Morgan fingerprint density at radius 2 is 1.93 bits per heavy atom. The number of aromatic nitrogens is 1. The van der Waals surface area contributed by atoms with Crippen LogP contribution in [0.4, 0.5) is 5.82 Å². The lowest BCUT2D eigenvalue weighted by molar-refractivity contribution is -0.147. The number of para-hydroxylation sites is 1. The number of nitrogens with one attached hydrogen (secondary N) is 1. The molecule has 1 heterocycles. The highest BCUT2D eigenvalue weighted by molar-refractivity contribution is 6.36. The molecule has 1 aromatic heterocycles. The number of halogens is 2. The van der Waals surface area contributed by atoms with Gasteiger partial charge in [0.05, 0.1) is 22.3 Å². The van der Waals surface area contributed by atoms with Crippen LogP contribution in [0.1, 0.15) is 24.6 Å². The second-order valence-electron chi connectivity index (χ2n) is 5.64. The molecular weight excluding hydrogens is 391 g/mol. The molecule has 0 bridgehead atoms. The van der Waals surface area contributed by atoms with Crippen molar-refractivity contribution in [3.05, 3.63) is 51.6 Å². The predicted molar refractivity (Wildman–Crippen MR) is 105 cm³/mol. The molecule has 1 amide bonds. The van der Waals surface area contributed by atoms with Crippen LogP contribution in [0.3, 0.4) is 0 Å². The van der Waals surface area contributed by atoms with Crippen molar-refractivity contribution in [1.29, 1.82) is 0 Å². The third-order valence-electron chi connectivity index (χ3n) is 3.60. The van der Waals surface area contributed by atoms with E-state index >= 15 is 0 Å². The average Bonchev–Trinajstić information content (AvgIpc) is 2.64. The zero-order chi connectivity index (χ0) is 19.8. The maximum atomic E-state index is 11.9. The first kappa shape index (κ1) is 21.0. The molecule has 0 aliphatic carbocycles. The van der Waals surface area contributed by atoms with Crippen molar-refractivity contribution >= 4 is 40.9 Å². The number of amides is 1. The molecule has 0 aliphatic rings. The fraction of sp³-hybridized carbons (Fsp3) is 0.316. The van der Waals surface area contributed by atoms with Gasteiger partial charge in [0.15, 0.2) is 12.4 Å². The Balaban J connectivity index is 1.82. The summed E-state index contributed by atoms with van der Waals surface area (Å²) in [6.45, 7) is 3.70. The molecule has 0 radical (unpaired) electrons. The molecule has 2 aromatic rings. The summed E-state index contributed by atoms with van der Waals surface area (Å²) < 4.78 is 10.5. The van der Waals surface area contributed by atoms with Crippen LogP contribution in [0.25, 0.3) is 0 Å². The first-order valence-corrected chi connectivity index (χ1v) is 9.15. The Kier molecular flexibility index (Phi) is 7.88. The fourth-order valence-corrected chi connectivity index (χ4v) is 2.68. The minimum Gasteiger partial charge on any atom is -0.494 e. The number of nitrogens with zero attached hydrogens (tertiary/aromatic N) is 1. The maximum absolute atomic E-state index is 11.9. The van der Waals surface area contributed by atoms with Crippen LogP contribution in [0.15, 0.2) is 30.3 Å². The molecule has 0 saturated carbocycles. The molecule has 0 atom stereocenters. The van der Waals surface area contributed by atoms with Crippen LogP contribution >= 0.6 is 23.2 Å². The molecule has 2 rings (SSSR count). The Hall–Kier alpha value is -2.31. The van der Waals surface area contributed by atoms with E-state index in [0.717, 1.165) is 11.3 Å².